The quantitative estimate of drug-likeness (QED) is 0.768. The zero-order valence-corrected chi connectivity index (χ0v) is 8.91. The first-order valence-electron chi connectivity index (χ1n) is 4.77. The first-order valence-corrected chi connectivity index (χ1v) is 4.77. The number of pyridine rings is 1. The Morgan fingerprint density at radius 1 is 1.50 bits per heavy atom. The molecule has 0 bridgehead atoms. The van der Waals surface area contributed by atoms with Crippen LogP contribution in [-0.4, -0.2) is 24.1 Å². The van der Waals surface area contributed by atoms with E-state index < -0.39 is 0 Å². The van der Waals surface area contributed by atoms with E-state index in [1.54, 1.807) is 6.20 Å². The number of hydrogen-bond acceptors (Lipinski definition) is 3. The lowest BCUT2D eigenvalue weighted by atomic mass is 10.1. The van der Waals surface area contributed by atoms with E-state index in [1.807, 2.05) is 12.3 Å². The van der Waals surface area contributed by atoms with Crippen molar-refractivity contribution in [2.75, 3.05) is 18.0 Å². The van der Waals surface area contributed by atoms with E-state index in [0.717, 1.165) is 19.5 Å². The van der Waals surface area contributed by atoms with Crippen molar-refractivity contribution in [2.24, 2.45) is 5.73 Å². The van der Waals surface area contributed by atoms with Crippen LogP contribution < -0.4 is 10.6 Å². The van der Waals surface area contributed by atoms with Crippen molar-refractivity contribution in [3.05, 3.63) is 24.5 Å². The Hall–Kier alpha value is -0.800. The Labute approximate surface area is 90.7 Å². The molecule has 0 unspecified atom stereocenters. The van der Waals surface area contributed by atoms with Crippen LogP contribution in [0.4, 0.5) is 5.69 Å². The summed E-state index contributed by atoms with van der Waals surface area (Å²) in [4.78, 5) is 6.41. The molecule has 0 radical (unpaired) electrons. The van der Waals surface area contributed by atoms with E-state index in [2.05, 4.69) is 16.0 Å². The molecule has 78 valence electrons. The van der Waals surface area contributed by atoms with Crippen LogP contribution in [0.15, 0.2) is 24.5 Å². The van der Waals surface area contributed by atoms with Crippen molar-refractivity contribution in [3.63, 3.8) is 0 Å². The van der Waals surface area contributed by atoms with Gasteiger partial charge in [0.25, 0.3) is 0 Å². The second-order valence-electron chi connectivity index (χ2n) is 3.56. The summed E-state index contributed by atoms with van der Waals surface area (Å²) >= 11 is 0. The molecule has 4 heteroatoms. The van der Waals surface area contributed by atoms with Gasteiger partial charge in [0.05, 0.1) is 11.9 Å². The van der Waals surface area contributed by atoms with E-state index >= 15 is 0 Å². The molecule has 1 aromatic rings. The first-order chi connectivity index (χ1) is 6.36. The van der Waals surface area contributed by atoms with Crippen molar-refractivity contribution in [3.8, 4) is 0 Å². The van der Waals surface area contributed by atoms with Crippen LogP contribution in [0, 0.1) is 0 Å². The molecule has 0 amide bonds. The molecule has 1 aromatic heterocycles. The van der Waals surface area contributed by atoms with Crippen molar-refractivity contribution in [1.82, 2.24) is 4.98 Å². The average molecular weight is 214 g/mol. The maximum atomic E-state index is 5.90. The molecule has 3 nitrogen and oxygen atoms in total. The van der Waals surface area contributed by atoms with Gasteiger partial charge in [-0.2, -0.15) is 0 Å². The third-order valence-corrected chi connectivity index (χ3v) is 2.47. The van der Waals surface area contributed by atoms with Crippen molar-refractivity contribution in [1.29, 1.82) is 0 Å². The number of hydrogen-bond donors (Lipinski definition) is 1. The highest BCUT2D eigenvalue weighted by Gasteiger charge is 2.16. The van der Waals surface area contributed by atoms with E-state index in [9.17, 15) is 0 Å². The summed E-state index contributed by atoms with van der Waals surface area (Å²) in [6, 6.07) is 4.38. The SMILES string of the molecule is Cl.N[C@@H]1CCCN(c2cccnc2)C1. The van der Waals surface area contributed by atoms with Crippen LogP contribution in [0.25, 0.3) is 0 Å². The third-order valence-electron chi connectivity index (χ3n) is 2.47. The fourth-order valence-corrected chi connectivity index (χ4v) is 1.79. The summed E-state index contributed by atoms with van der Waals surface area (Å²) in [5, 5.41) is 0. The smallest absolute Gasteiger partial charge is 0.0553 e. The summed E-state index contributed by atoms with van der Waals surface area (Å²) in [7, 11) is 0. The number of nitrogens with two attached hydrogens (primary N) is 1. The highest BCUT2D eigenvalue weighted by Crippen LogP contribution is 2.17. The highest BCUT2D eigenvalue weighted by atomic mass is 35.5. The summed E-state index contributed by atoms with van der Waals surface area (Å²) < 4.78 is 0. The fourth-order valence-electron chi connectivity index (χ4n) is 1.79. The molecule has 1 fully saturated rings. The van der Waals surface area contributed by atoms with Crippen LogP contribution >= 0.6 is 12.4 Å². The van der Waals surface area contributed by atoms with E-state index in [1.165, 1.54) is 12.1 Å². The molecule has 1 saturated heterocycles. The molecule has 14 heavy (non-hydrogen) atoms. The van der Waals surface area contributed by atoms with Gasteiger partial charge in [0.15, 0.2) is 0 Å². The van der Waals surface area contributed by atoms with Crippen LogP contribution in [0.1, 0.15) is 12.8 Å². The van der Waals surface area contributed by atoms with Crippen LogP contribution in [0.3, 0.4) is 0 Å². The fraction of sp³-hybridized carbons (Fsp3) is 0.500. The van der Waals surface area contributed by atoms with Gasteiger partial charge in [0.1, 0.15) is 0 Å². The molecular formula is C10H16ClN3. The van der Waals surface area contributed by atoms with Crippen LogP contribution in [0.5, 0.6) is 0 Å². The van der Waals surface area contributed by atoms with Crippen LogP contribution in [0.2, 0.25) is 0 Å². The van der Waals surface area contributed by atoms with E-state index in [4.69, 9.17) is 5.73 Å². The number of aromatic nitrogens is 1. The third kappa shape index (κ3) is 2.59. The molecule has 0 saturated carbocycles. The first kappa shape index (κ1) is 11.3. The van der Waals surface area contributed by atoms with Gasteiger partial charge in [-0.25, -0.2) is 0 Å². The molecular weight excluding hydrogens is 198 g/mol. The molecule has 1 aliphatic rings. The minimum Gasteiger partial charge on any atom is -0.369 e. The van der Waals surface area contributed by atoms with Crippen molar-refractivity contribution >= 4 is 18.1 Å². The Morgan fingerprint density at radius 3 is 3.00 bits per heavy atom. The van der Waals surface area contributed by atoms with Gasteiger partial charge in [-0.3, -0.25) is 4.98 Å². The predicted octanol–water partition coefficient (Wildman–Crippen LogP) is 1.43. The lowest BCUT2D eigenvalue weighted by Gasteiger charge is -2.32. The molecule has 2 rings (SSSR count). The van der Waals surface area contributed by atoms with Crippen molar-refractivity contribution in [2.45, 2.75) is 18.9 Å². The van der Waals surface area contributed by atoms with Gasteiger partial charge in [0.2, 0.25) is 0 Å². The Morgan fingerprint density at radius 2 is 2.36 bits per heavy atom. The van der Waals surface area contributed by atoms with Gasteiger partial charge in [-0.05, 0) is 25.0 Å². The minimum absolute atomic E-state index is 0. The van der Waals surface area contributed by atoms with Gasteiger partial charge in [0, 0.05) is 25.3 Å². The number of rotatable bonds is 1. The van der Waals surface area contributed by atoms with E-state index in [0.29, 0.717) is 6.04 Å². The Kier molecular flexibility index (Phi) is 4.17. The number of anilines is 1. The largest absolute Gasteiger partial charge is 0.369 e. The molecule has 0 spiro atoms. The second-order valence-corrected chi connectivity index (χ2v) is 3.56. The summed E-state index contributed by atoms with van der Waals surface area (Å²) in [6.07, 6.45) is 6.04. The zero-order chi connectivity index (χ0) is 9.10. The average Bonchev–Trinajstić information content (AvgIpc) is 2.19. The van der Waals surface area contributed by atoms with Gasteiger partial charge in [-0.1, -0.05) is 0 Å². The summed E-state index contributed by atoms with van der Waals surface area (Å²) in [5.41, 5.74) is 7.09. The maximum Gasteiger partial charge on any atom is 0.0553 e. The minimum atomic E-state index is 0. The standard InChI is InChI=1S/C10H15N3.ClH/c11-9-3-2-6-13(8-9)10-4-1-5-12-7-10;/h1,4-5,7,9H,2-3,6,8,11H2;1H/t9-;/m1./s1. The summed E-state index contributed by atoms with van der Waals surface area (Å²) in [5.74, 6) is 0. The molecule has 0 aromatic carbocycles. The maximum absolute atomic E-state index is 5.90. The lowest BCUT2D eigenvalue weighted by molar-refractivity contribution is 0.506. The molecule has 2 heterocycles. The monoisotopic (exact) mass is 213 g/mol. The van der Waals surface area contributed by atoms with E-state index in [-0.39, 0.29) is 12.4 Å². The topological polar surface area (TPSA) is 42.1 Å². The lowest BCUT2D eigenvalue weighted by Crippen LogP contribution is -2.42. The number of halogens is 1. The van der Waals surface area contributed by atoms with Crippen LogP contribution in [-0.2, 0) is 0 Å². The Bertz CT molecular complexity index is 265. The van der Waals surface area contributed by atoms with Gasteiger partial charge in [-0.15, -0.1) is 12.4 Å². The highest BCUT2D eigenvalue weighted by molar-refractivity contribution is 5.85. The zero-order valence-electron chi connectivity index (χ0n) is 8.10. The second kappa shape index (κ2) is 5.17. The van der Waals surface area contributed by atoms with Gasteiger partial charge < -0.3 is 10.6 Å². The molecule has 1 aliphatic heterocycles. The van der Waals surface area contributed by atoms with Gasteiger partial charge >= 0.3 is 0 Å². The Balaban J connectivity index is 0.000000980. The molecule has 1 atom stereocenters. The molecule has 0 aliphatic carbocycles. The van der Waals surface area contributed by atoms with Crippen molar-refractivity contribution < 1.29 is 0 Å². The molecule has 2 N–H and O–H groups in total. The predicted molar refractivity (Wildman–Crippen MR) is 60.9 cm³/mol. The summed E-state index contributed by atoms with van der Waals surface area (Å²) in [6.45, 7) is 2.07. The normalized spacial score (nSPS) is 21.5. The number of piperidine rings is 1. The number of nitrogens with zero attached hydrogens (tertiary/aromatic N) is 2.